The molecule has 78 valence electrons. The predicted molar refractivity (Wildman–Crippen MR) is 57.8 cm³/mol. The van der Waals surface area contributed by atoms with E-state index in [9.17, 15) is 4.79 Å². The Hall–Kier alpha value is -1.06. The summed E-state index contributed by atoms with van der Waals surface area (Å²) in [5, 5.41) is 11.6. The molecule has 0 bridgehead atoms. The van der Waals surface area contributed by atoms with Gasteiger partial charge in [-0.15, -0.1) is 12.4 Å². The zero-order valence-corrected chi connectivity index (χ0v) is 8.80. The van der Waals surface area contributed by atoms with Gasteiger partial charge in [-0.2, -0.15) is 0 Å². The van der Waals surface area contributed by atoms with E-state index in [4.69, 9.17) is 5.11 Å². The fourth-order valence-electron chi connectivity index (χ4n) is 1.26. The number of hydrogen-bond donors (Lipinski definition) is 2. The van der Waals surface area contributed by atoms with Crippen molar-refractivity contribution in [2.75, 3.05) is 7.05 Å². The summed E-state index contributed by atoms with van der Waals surface area (Å²) >= 11 is 0. The lowest BCUT2D eigenvalue weighted by Crippen LogP contribution is -2.10. The molecule has 0 heterocycles. The summed E-state index contributed by atoms with van der Waals surface area (Å²) < 4.78 is 0. The highest BCUT2D eigenvalue weighted by Crippen LogP contribution is 2.08. The molecule has 0 saturated carbocycles. The van der Waals surface area contributed by atoms with Gasteiger partial charge in [0.1, 0.15) is 0 Å². The van der Waals surface area contributed by atoms with Gasteiger partial charge in [0.2, 0.25) is 0 Å². The third kappa shape index (κ3) is 3.77. The Balaban J connectivity index is 0.00000169. The molecule has 0 aliphatic rings. The summed E-state index contributed by atoms with van der Waals surface area (Å²) in [6.45, 7) is 0.712. The third-order valence-electron chi connectivity index (χ3n) is 1.83. The maximum atomic E-state index is 10.5. The smallest absolute Gasteiger partial charge is 0.307 e. The van der Waals surface area contributed by atoms with Gasteiger partial charge < -0.3 is 10.4 Å². The number of halogens is 1. The maximum absolute atomic E-state index is 10.5. The number of carboxylic acid groups (broad SMARTS) is 1. The van der Waals surface area contributed by atoms with Gasteiger partial charge >= 0.3 is 5.97 Å². The van der Waals surface area contributed by atoms with Gasteiger partial charge in [-0.05, 0) is 18.2 Å². The van der Waals surface area contributed by atoms with Crippen LogP contribution in [0.1, 0.15) is 11.1 Å². The maximum Gasteiger partial charge on any atom is 0.307 e. The molecular weight excluding hydrogens is 202 g/mol. The molecule has 0 fully saturated rings. The summed E-state index contributed by atoms with van der Waals surface area (Å²) in [5.74, 6) is -0.788. The molecule has 0 unspecified atom stereocenters. The van der Waals surface area contributed by atoms with Gasteiger partial charge in [-0.3, -0.25) is 4.79 Å². The third-order valence-corrected chi connectivity index (χ3v) is 1.83. The van der Waals surface area contributed by atoms with Crippen molar-refractivity contribution in [1.29, 1.82) is 0 Å². The molecule has 0 aliphatic carbocycles. The van der Waals surface area contributed by atoms with Crippen molar-refractivity contribution in [2.24, 2.45) is 0 Å². The van der Waals surface area contributed by atoms with Gasteiger partial charge in [0.05, 0.1) is 6.42 Å². The molecule has 3 nitrogen and oxygen atoms in total. The summed E-state index contributed by atoms with van der Waals surface area (Å²) in [6, 6.07) is 7.56. The molecule has 2 N–H and O–H groups in total. The molecule has 0 amide bonds. The molecular formula is C10H14ClNO2. The van der Waals surface area contributed by atoms with Gasteiger partial charge in [0.25, 0.3) is 0 Å². The van der Waals surface area contributed by atoms with Crippen molar-refractivity contribution in [3.8, 4) is 0 Å². The fraction of sp³-hybridized carbons (Fsp3) is 0.300. The summed E-state index contributed by atoms with van der Waals surface area (Å²) in [5.41, 5.74) is 1.93. The second kappa shape index (κ2) is 6.40. The largest absolute Gasteiger partial charge is 0.481 e. The van der Waals surface area contributed by atoms with Gasteiger partial charge in [0, 0.05) is 6.54 Å². The average Bonchev–Trinajstić information content (AvgIpc) is 2.08. The van der Waals surface area contributed by atoms with Crippen LogP contribution in [0.25, 0.3) is 0 Å². The molecule has 0 saturated heterocycles. The standard InChI is InChI=1S/C10H13NO2.ClH/c1-11-7-9-5-3-2-4-8(9)6-10(12)13;/h2-5,11H,6-7H2,1H3,(H,12,13);1H. The first-order chi connectivity index (χ1) is 6.24. The van der Waals surface area contributed by atoms with Crippen LogP contribution in [0.3, 0.4) is 0 Å². The summed E-state index contributed by atoms with van der Waals surface area (Å²) in [7, 11) is 1.84. The van der Waals surface area contributed by atoms with Crippen LogP contribution in [0.15, 0.2) is 24.3 Å². The Labute approximate surface area is 89.5 Å². The first-order valence-corrected chi connectivity index (χ1v) is 4.17. The topological polar surface area (TPSA) is 49.3 Å². The van der Waals surface area contributed by atoms with E-state index in [2.05, 4.69) is 5.32 Å². The molecule has 1 aromatic rings. The van der Waals surface area contributed by atoms with Crippen molar-refractivity contribution >= 4 is 18.4 Å². The first-order valence-electron chi connectivity index (χ1n) is 4.17. The lowest BCUT2D eigenvalue weighted by Gasteiger charge is -2.05. The van der Waals surface area contributed by atoms with E-state index < -0.39 is 5.97 Å². The zero-order chi connectivity index (χ0) is 9.68. The quantitative estimate of drug-likeness (QED) is 0.800. The van der Waals surface area contributed by atoms with Crippen LogP contribution < -0.4 is 5.32 Å². The van der Waals surface area contributed by atoms with Crippen LogP contribution in [-0.2, 0) is 17.8 Å². The first kappa shape index (κ1) is 12.9. The van der Waals surface area contributed by atoms with Crippen LogP contribution in [0.5, 0.6) is 0 Å². The van der Waals surface area contributed by atoms with Gasteiger partial charge in [-0.1, -0.05) is 24.3 Å². The van der Waals surface area contributed by atoms with Crippen LogP contribution in [0, 0.1) is 0 Å². The Morgan fingerprint density at radius 2 is 1.93 bits per heavy atom. The number of hydrogen-bond acceptors (Lipinski definition) is 2. The molecule has 0 radical (unpaired) electrons. The molecule has 4 heteroatoms. The Kier molecular flexibility index (Phi) is 5.92. The highest BCUT2D eigenvalue weighted by atomic mass is 35.5. The molecule has 1 rings (SSSR count). The number of benzene rings is 1. The molecule has 14 heavy (non-hydrogen) atoms. The fourth-order valence-corrected chi connectivity index (χ4v) is 1.26. The highest BCUT2D eigenvalue weighted by molar-refractivity contribution is 5.85. The number of carbonyl (C=O) groups is 1. The van der Waals surface area contributed by atoms with Gasteiger partial charge in [0.15, 0.2) is 0 Å². The van der Waals surface area contributed by atoms with Crippen molar-refractivity contribution < 1.29 is 9.90 Å². The molecule has 0 spiro atoms. The second-order valence-corrected chi connectivity index (χ2v) is 2.87. The van der Waals surface area contributed by atoms with Crippen molar-refractivity contribution in [3.63, 3.8) is 0 Å². The lowest BCUT2D eigenvalue weighted by atomic mass is 10.0. The Morgan fingerprint density at radius 3 is 2.43 bits per heavy atom. The predicted octanol–water partition coefficient (Wildman–Crippen LogP) is 1.45. The van der Waals surface area contributed by atoms with Crippen LogP contribution in [-0.4, -0.2) is 18.1 Å². The minimum atomic E-state index is -0.788. The zero-order valence-electron chi connectivity index (χ0n) is 7.99. The molecule has 0 aromatic heterocycles. The monoisotopic (exact) mass is 215 g/mol. The average molecular weight is 216 g/mol. The van der Waals surface area contributed by atoms with Gasteiger partial charge in [-0.25, -0.2) is 0 Å². The van der Waals surface area contributed by atoms with Crippen LogP contribution in [0.2, 0.25) is 0 Å². The Bertz CT molecular complexity index is 302. The van der Waals surface area contributed by atoms with E-state index in [1.165, 1.54) is 0 Å². The highest BCUT2D eigenvalue weighted by Gasteiger charge is 2.04. The van der Waals surface area contributed by atoms with E-state index in [1.54, 1.807) is 0 Å². The molecule has 0 atom stereocenters. The SMILES string of the molecule is CNCc1ccccc1CC(=O)O.Cl. The van der Waals surface area contributed by atoms with E-state index in [1.807, 2.05) is 31.3 Å². The lowest BCUT2D eigenvalue weighted by molar-refractivity contribution is -0.136. The van der Waals surface area contributed by atoms with Crippen molar-refractivity contribution in [2.45, 2.75) is 13.0 Å². The van der Waals surface area contributed by atoms with E-state index in [-0.39, 0.29) is 18.8 Å². The van der Waals surface area contributed by atoms with Crippen LogP contribution in [0.4, 0.5) is 0 Å². The second-order valence-electron chi connectivity index (χ2n) is 2.87. The number of carboxylic acids is 1. The van der Waals surface area contributed by atoms with Crippen molar-refractivity contribution in [3.05, 3.63) is 35.4 Å². The molecule has 1 aromatic carbocycles. The Morgan fingerprint density at radius 1 is 1.36 bits per heavy atom. The number of nitrogens with one attached hydrogen (secondary N) is 1. The van der Waals surface area contributed by atoms with E-state index >= 15 is 0 Å². The number of aliphatic carboxylic acids is 1. The minimum absolute atomic E-state index is 0. The molecule has 0 aliphatic heterocycles. The normalized spacial score (nSPS) is 9.21. The number of rotatable bonds is 4. The minimum Gasteiger partial charge on any atom is -0.481 e. The van der Waals surface area contributed by atoms with E-state index in [0.717, 1.165) is 11.1 Å². The van der Waals surface area contributed by atoms with E-state index in [0.29, 0.717) is 6.54 Å². The van der Waals surface area contributed by atoms with Crippen molar-refractivity contribution in [1.82, 2.24) is 5.32 Å². The van der Waals surface area contributed by atoms with Crippen LogP contribution >= 0.6 is 12.4 Å². The summed E-state index contributed by atoms with van der Waals surface area (Å²) in [6.07, 6.45) is 0.0951. The summed E-state index contributed by atoms with van der Waals surface area (Å²) in [4.78, 5) is 10.5.